The highest BCUT2D eigenvalue weighted by Gasteiger charge is 2.27. The van der Waals surface area contributed by atoms with E-state index < -0.39 is 5.97 Å². The molecule has 3 aromatic rings. The topological polar surface area (TPSA) is 41.9 Å². The Morgan fingerprint density at radius 1 is 1.15 bits per heavy atom. The van der Waals surface area contributed by atoms with Crippen LogP contribution >= 0.6 is 22.9 Å². The average molecular weight is 397 g/mol. The van der Waals surface area contributed by atoms with Crippen molar-refractivity contribution in [2.24, 2.45) is 4.99 Å². The zero-order valence-electron chi connectivity index (χ0n) is 14.9. The number of carbonyl (C=O) groups is 1. The monoisotopic (exact) mass is 396 g/mol. The maximum atomic E-state index is 12.2. The van der Waals surface area contributed by atoms with Crippen molar-refractivity contribution in [3.05, 3.63) is 75.8 Å². The summed E-state index contributed by atoms with van der Waals surface area (Å²) in [4.78, 5) is 19.3. The van der Waals surface area contributed by atoms with Gasteiger partial charge in [0, 0.05) is 29.9 Å². The molecule has 0 N–H and O–H groups in total. The number of ether oxygens (including phenoxy) is 1. The number of benzene rings is 2. The summed E-state index contributed by atoms with van der Waals surface area (Å²) in [6, 6.07) is 16.0. The van der Waals surface area contributed by atoms with Crippen LogP contribution in [0.5, 0.6) is 0 Å². The lowest BCUT2D eigenvalue weighted by molar-refractivity contribution is -0.130. The molecule has 1 aromatic heterocycles. The van der Waals surface area contributed by atoms with Crippen molar-refractivity contribution in [2.75, 3.05) is 19.0 Å². The van der Waals surface area contributed by atoms with Gasteiger partial charge in [-0.1, -0.05) is 41.9 Å². The molecule has 4 rings (SSSR count). The number of cyclic esters (lactones) is 1. The summed E-state index contributed by atoms with van der Waals surface area (Å²) in [6.45, 7) is 0. The Labute approximate surface area is 166 Å². The predicted octanol–water partition coefficient (Wildman–Crippen LogP) is 5.05. The van der Waals surface area contributed by atoms with E-state index in [0.717, 1.165) is 21.3 Å². The van der Waals surface area contributed by atoms with Crippen LogP contribution in [0.25, 0.3) is 10.1 Å². The number of halogens is 1. The van der Waals surface area contributed by atoms with Gasteiger partial charge in [-0.3, -0.25) is 0 Å². The number of fused-ring (bicyclic) bond motifs is 1. The number of rotatable bonds is 4. The van der Waals surface area contributed by atoms with Crippen LogP contribution < -0.4 is 4.90 Å². The Morgan fingerprint density at radius 2 is 1.89 bits per heavy atom. The maximum Gasteiger partial charge on any atom is 0.363 e. The largest absolute Gasteiger partial charge is 0.401 e. The van der Waals surface area contributed by atoms with Crippen molar-refractivity contribution in [1.82, 2.24) is 0 Å². The highest BCUT2D eigenvalue weighted by molar-refractivity contribution is 7.21. The Balaban J connectivity index is 1.58. The molecule has 27 heavy (non-hydrogen) atoms. The molecule has 4 nitrogen and oxygen atoms in total. The number of esters is 1. The van der Waals surface area contributed by atoms with Crippen LogP contribution in [0.1, 0.15) is 10.4 Å². The lowest BCUT2D eigenvalue weighted by Crippen LogP contribution is -2.08. The number of hydrogen-bond acceptors (Lipinski definition) is 5. The van der Waals surface area contributed by atoms with Gasteiger partial charge in [0.15, 0.2) is 0 Å². The van der Waals surface area contributed by atoms with Crippen LogP contribution in [-0.4, -0.2) is 26.0 Å². The van der Waals surface area contributed by atoms with E-state index in [2.05, 4.69) is 4.99 Å². The lowest BCUT2D eigenvalue weighted by Gasteiger charge is -2.12. The first-order valence-electron chi connectivity index (χ1n) is 8.47. The number of allylic oxidation sites excluding steroid dienone is 1. The van der Waals surface area contributed by atoms with E-state index in [0.29, 0.717) is 22.0 Å². The van der Waals surface area contributed by atoms with Gasteiger partial charge in [0.1, 0.15) is 10.6 Å². The molecule has 0 aliphatic carbocycles. The van der Waals surface area contributed by atoms with Crippen molar-refractivity contribution in [3.63, 3.8) is 0 Å². The molecule has 1 aliphatic heterocycles. The third-order valence-corrected chi connectivity index (χ3v) is 6.00. The summed E-state index contributed by atoms with van der Waals surface area (Å²) in [5, 5.41) is 1.51. The number of thiophene rings is 1. The lowest BCUT2D eigenvalue weighted by atomic mass is 10.1. The second-order valence-electron chi connectivity index (χ2n) is 6.40. The van der Waals surface area contributed by atoms with Gasteiger partial charge in [-0.05, 0) is 36.3 Å². The van der Waals surface area contributed by atoms with Gasteiger partial charge in [-0.2, -0.15) is 0 Å². The number of anilines is 1. The summed E-state index contributed by atoms with van der Waals surface area (Å²) in [6.07, 6.45) is 2.40. The van der Waals surface area contributed by atoms with Gasteiger partial charge in [-0.25, -0.2) is 9.79 Å². The van der Waals surface area contributed by atoms with Crippen LogP contribution in [0.4, 0.5) is 5.69 Å². The fourth-order valence-corrected chi connectivity index (χ4v) is 4.28. The standard InChI is InChI=1S/C21H17ClN2O2S/c1-24(2)14-10-7-13(8-11-14)9-12-16-21(25)26-20(23-16)19-18(22)15-5-3-4-6-17(15)27-19/h3-8,10-12H,9H2,1-2H3/b16-12+. The Bertz CT molecular complexity index is 1080. The van der Waals surface area contributed by atoms with E-state index in [9.17, 15) is 4.79 Å². The number of nitrogens with zero attached hydrogens (tertiary/aromatic N) is 2. The van der Waals surface area contributed by atoms with Crippen molar-refractivity contribution >= 4 is 50.6 Å². The average Bonchev–Trinajstić information content (AvgIpc) is 3.20. The highest BCUT2D eigenvalue weighted by atomic mass is 35.5. The van der Waals surface area contributed by atoms with Gasteiger partial charge in [-0.15, -0.1) is 11.3 Å². The molecule has 0 radical (unpaired) electrons. The van der Waals surface area contributed by atoms with E-state index in [-0.39, 0.29) is 5.90 Å². The molecule has 6 heteroatoms. The molecule has 0 unspecified atom stereocenters. The normalized spacial score (nSPS) is 15.3. The molecule has 2 aromatic carbocycles. The second kappa shape index (κ2) is 7.18. The Hall–Kier alpha value is -2.63. The molecular formula is C21H17ClN2O2S. The number of carbonyl (C=O) groups excluding carboxylic acids is 1. The smallest absolute Gasteiger partial charge is 0.363 e. The van der Waals surface area contributed by atoms with E-state index in [4.69, 9.17) is 16.3 Å². The van der Waals surface area contributed by atoms with Crippen molar-refractivity contribution in [3.8, 4) is 0 Å². The molecule has 0 fully saturated rings. The first-order chi connectivity index (χ1) is 13.0. The number of aliphatic imine (C=N–C) groups is 1. The van der Waals surface area contributed by atoms with Crippen LogP contribution in [0, 0.1) is 0 Å². The van der Waals surface area contributed by atoms with Crippen LogP contribution in [0.15, 0.2) is 65.3 Å². The van der Waals surface area contributed by atoms with Crippen molar-refractivity contribution in [2.45, 2.75) is 6.42 Å². The summed E-state index contributed by atoms with van der Waals surface area (Å²) in [5.74, 6) is -0.163. The third kappa shape index (κ3) is 3.48. The molecule has 0 saturated carbocycles. The number of hydrogen-bond donors (Lipinski definition) is 0. The summed E-state index contributed by atoms with van der Waals surface area (Å²) >= 11 is 7.93. The van der Waals surface area contributed by atoms with Crippen molar-refractivity contribution < 1.29 is 9.53 Å². The second-order valence-corrected chi connectivity index (χ2v) is 7.83. The maximum absolute atomic E-state index is 12.2. The van der Waals surface area contributed by atoms with Crippen molar-refractivity contribution in [1.29, 1.82) is 0 Å². The predicted molar refractivity (Wildman–Crippen MR) is 112 cm³/mol. The molecule has 0 bridgehead atoms. The minimum absolute atomic E-state index is 0.278. The third-order valence-electron chi connectivity index (χ3n) is 4.33. The zero-order chi connectivity index (χ0) is 19.0. The van der Waals surface area contributed by atoms with E-state index in [1.54, 1.807) is 6.08 Å². The van der Waals surface area contributed by atoms with Gasteiger partial charge >= 0.3 is 5.97 Å². The fourth-order valence-electron chi connectivity index (χ4n) is 2.84. The quantitative estimate of drug-likeness (QED) is 0.457. The van der Waals surface area contributed by atoms with Crippen LogP contribution in [0.2, 0.25) is 5.02 Å². The molecule has 1 aliphatic rings. The SMILES string of the molecule is CN(C)c1ccc(C/C=C2/N=C(c3sc4ccccc4c3Cl)OC2=O)cc1. The minimum Gasteiger partial charge on any atom is -0.401 e. The summed E-state index contributed by atoms with van der Waals surface area (Å²) in [5.41, 5.74) is 2.55. The minimum atomic E-state index is -0.441. The van der Waals surface area contributed by atoms with Gasteiger partial charge < -0.3 is 9.64 Å². The highest BCUT2D eigenvalue weighted by Crippen LogP contribution is 2.37. The summed E-state index contributed by atoms with van der Waals surface area (Å²) < 4.78 is 6.41. The van der Waals surface area contributed by atoms with E-state index >= 15 is 0 Å². The van der Waals surface area contributed by atoms with E-state index in [1.807, 2.05) is 67.5 Å². The zero-order valence-corrected chi connectivity index (χ0v) is 16.5. The molecule has 2 heterocycles. The van der Waals surface area contributed by atoms with Crippen LogP contribution in [0.3, 0.4) is 0 Å². The molecule has 0 amide bonds. The van der Waals surface area contributed by atoms with E-state index in [1.165, 1.54) is 11.3 Å². The van der Waals surface area contributed by atoms with Crippen LogP contribution in [-0.2, 0) is 16.0 Å². The molecule has 136 valence electrons. The fraction of sp³-hybridized carbons (Fsp3) is 0.143. The first kappa shape index (κ1) is 17.8. The molecule has 0 saturated heterocycles. The van der Waals surface area contributed by atoms with Gasteiger partial charge in [0.05, 0.1) is 5.02 Å². The van der Waals surface area contributed by atoms with Gasteiger partial charge in [0.25, 0.3) is 0 Å². The first-order valence-corrected chi connectivity index (χ1v) is 9.67. The summed E-state index contributed by atoms with van der Waals surface area (Å²) in [7, 11) is 4.00. The molecule has 0 atom stereocenters. The Kier molecular flexibility index (Phi) is 4.72. The van der Waals surface area contributed by atoms with Gasteiger partial charge in [0.2, 0.25) is 5.90 Å². The molecular weight excluding hydrogens is 380 g/mol. The molecule has 0 spiro atoms. The Morgan fingerprint density at radius 3 is 2.59 bits per heavy atom.